The zero-order valence-corrected chi connectivity index (χ0v) is 17.1. The van der Waals surface area contributed by atoms with Crippen LogP contribution in [0.25, 0.3) is 0 Å². The molecule has 0 saturated heterocycles. The fourth-order valence-electron chi connectivity index (χ4n) is 3.02. The fourth-order valence-corrected chi connectivity index (χ4v) is 3.02. The van der Waals surface area contributed by atoms with Crippen molar-refractivity contribution in [1.29, 1.82) is 0 Å². The minimum absolute atomic E-state index is 0.270. The molecule has 6 heteroatoms. The highest BCUT2D eigenvalue weighted by atomic mass is 19.1. The molecular weight excluding hydrogens is 383 g/mol. The SMILES string of the molecule is COc1cccc(C(=O)N/N=C\c2cc(C)c(OCc3ccc(F)cc3)c(C)c2)c1. The fraction of sp³-hybridized carbons (Fsp3) is 0.167. The summed E-state index contributed by atoms with van der Waals surface area (Å²) in [5.74, 6) is 0.789. The Bertz CT molecular complexity index is 1040. The molecule has 3 aromatic rings. The van der Waals surface area contributed by atoms with Crippen molar-refractivity contribution in [2.24, 2.45) is 5.10 Å². The zero-order valence-electron chi connectivity index (χ0n) is 17.1. The molecule has 0 aliphatic carbocycles. The lowest BCUT2D eigenvalue weighted by Gasteiger charge is -2.13. The van der Waals surface area contributed by atoms with Gasteiger partial charge in [0.05, 0.1) is 13.3 Å². The van der Waals surface area contributed by atoms with Gasteiger partial charge in [-0.15, -0.1) is 0 Å². The summed E-state index contributed by atoms with van der Waals surface area (Å²) < 4.78 is 24.1. The van der Waals surface area contributed by atoms with E-state index < -0.39 is 0 Å². The summed E-state index contributed by atoms with van der Waals surface area (Å²) >= 11 is 0. The predicted molar refractivity (Wildman–Crippen MR) is 115 cm³/mol. The molecule has 0 spiro atoms. The number of nitrogens with zero attached hydrogens (tertiary/aromatic N) is 1. The number of methoxy groups -OCH3 is 1. The molecule has 0 aliphatic rings. The molecular formula is C24H23FN2O3. The Morgan fingerprint density at radius 3 is 2.43 bits per heavy atom. The number of aryl methyl sites for hydroxylation is 2. The predicted octanol–water partition coefficient (Wildman–Crippen LogP) is 4.79. The van der Waals surface area contributed by atoms with Crippen LogP contribution >= 0.6 is 0 Å². The Morgan fingerprint density at radius 1 is 1.07 bits per heavy atom. The molecule has 0 aromatic heterocycles. The highest BCUT2D eigenvalue weighted by Crippen LogP contribution is 2.25. The van der Waals surface area contributed by atoms with Crippen molar-refractivity contribution in [2.75, 3.05) is 7.11 Å². The van der Waals surface area contributed by atoms with E-state index >= 15 is 0 Å². The molecule has 1 amide bonds. The van der Waals surface area contributed by atoms with Crippen LogP contribution in [0.4, 0.5) is 4.39 Å². The van der Waals surface area contributed by atoms with E-state index in [9.17, 15) is 9.18 Å². The van der Waals surface area contributed by atoms with Gasteiger partial charge in [-0.2, -0.15) is 5.10 Å². The first kappa shape index (κ1) is 21.0. The van der Waals surface area contributed by atoms with Gasteiger partial charge in [0.15, 0.2) is 0 Å². The minimum Gasteiger partial charge on any atom is -0.497 e. The number of benzene rings is 3. The van der Waals surface area contributed by atoms with Crippen molar-refractivity contribution in [3.8, 4) is 11.5 Å². The van der Waals surface area contributed by atoms with E-state index in [2.05, 4.69) is 10.5 Å². The van der Waals surface area contributed by atoms with Gasteiger partial charge in [0.1, 0.15) is 23.9 Å². The van der Waals surface area contributed by atoms with Crippen molar-refractivity contribution < 1.29 is 18.7 Å². The van der Waals surface area contributed by atoms with Crippen LogP contribution in [-0.2, 0) is 6.61 Å². The third-order valence-corrected chi connectivity index (χ3v) is 4.49. The van der Waals surface area contributed by atoms with Crippen LogP contribution in [0.1, 0.15) is 32.6 Å². The molecule has 3 rings (SSSR count). The van der Waals surface area contributed by atoms with E-state index in [-0.39, 0.29) is 11.7 Å². The maximum atomic E-state index is 13.0. The highest BCUT2D eigenvalue weighted by Gasteiger charge is 2.08. The first-order valence-corrected chi connectivity index (χ1v) is 9.42. The Kier molecular flexibility index (Phi) is 6.80. The van der Waals surface area contributed by atoms with E-state index in [1.54, 1.807) is 49.7 Å². The third kappa shape index (κ3) is 5.44. The Morgan fingerprint density at radius 2 is 1.77 bits per heavy atom. The van der Waals surface area contributed by atoms with Gasteiger partial charge in [0.2, 0.25) is 0 Å². The van der Waals surface area contributed by atoms with Gasteiger partial charge in [0, 0.05) is 5.56 Å². The van der Waals surface area contributed by atoms with E-state index in [1.807, 2.05) is 26.0 Å². The maximum Gasteiger partial charge on any atom is 0.271 e. The van der Waals surface area contributed by atoms with Crippen LogP contribution in [-0.4, -0.2) is 19.2 Å². The second-order valence-corrected chi connectivity index (χ2v) is 6.83. The number of amides is 1. The van der Waals surface area contributed by atoms with Gasteiger partial charge in [0.25, 0.3) is 5.91 Å². The van der Waals surface area contributed by atoms with E-state index in [1.165, 1.54) is 12.1 Å². The molecule has 0 heterocycles. The Balaban J connectivity index is 1.64. The van der Waals surface area contributed by atoms with Crippen molar-refractivity contribution in [1.82, 2.24) is 5.43 Å². The van der Waals surface area contributed by atoms with Gasteiger partial charge >= 0.3 is 0 Å². The second-order valence-electron chi connectivity index (χ2n) is 6.83. The van der Waals surface area contributed by atoms with Crippen molar-refractivity contribution in [3.05, 3.63) is 94.3 Å². The monoisotopic (exact) mass is 406 g/mol. The molecule has 30 heavy (non-hydrogen) atoms. The standard InChI is InChI=1S/C24H23FN2O3/c1-16-11-19(14-26-27-24(28)20-5-4-6-22(13-20)29-3)12-17(2)23(16)30-15-18-7-9-21(25)10-8-18/h4-14H,15H2,1-3H3,(H,27,28)/b26-14-. The van der Waals surface area contributed by atoms with Crippen LogP contribution < -0.4 is 14.9 Å². The topological polar surface area (TPSA) is 59.9 Å². The first-order chi connectivity index (χ1) is 14.5. The molecule has 154 valence electrons. The largest absolute Gasteiger partial charge is 0.497 e. The van der Waals surface area contributed by atoms with Gasteiger partial charge in [-0.05, 0) is 78.6 Å². The number of hydrogen-bond acceptors (Lipinski definition) is 4. The van der Waals surface area contributed by atoms with Crippen LogP contribution in [0, 0.1) is 19.7 Å². The van der Waals surface area contributed by atoms with Crippen LogP contribution in [0.15, 0.2) is 65.8 Å². The average molecular weight is 406 g/mol. The van der Waals surface area contributed by atoms with E-state index in [4.69, 9.17) is 9.47 Å². The zero-order chi connectivity index (χ0) is 21.5. The molecule has 3 aromatic carbocycles. The summed E-state index contributed by atoms with van der Waals surface area (Å²) in [4.78, 5) is 12.2. The number of carbonyl (C=O) groups is 1. The lowest BCUT2D eigenvalue weighted by Crippen LogP contribution is -2.17. The number of hydrazone groups is 1. The molecule has 0 atom stereocenters. The molecule has 5 nitrogen and oxygen atoms in total. The number of carbonyl (C=O) groups excluding carboxylic acids is 1. The quantitative estimate of drug-likeness (QED) is 0.453. The lowest BCUT2D eigenvalue weighted by molar-refractivity contribution is 0.0955. The summed E-state index contributed by atoms with van der Waals surface area (Å²) in [7, 11) is 1.55. The summed E-state index contributed by atoms with van der Waals surface area (Å²) in [6.45, 7) is 4.24. The van der Waals surface area contributed by atoms with Crippen LogP contribution in [0.3, 0.4) is 0 Å². The second kappa shape index (κ2) is 9.69. The summed E-state index contributed by atoms with van der Waals surface area (Å²) in [5, 5.41) is 4.05. The van der Waals surface area contributed by atoms with Crippen LogP contribution in [0.5, 0.6) is 11.5 Å². The lowest BCUT2D eigenvalue weighted by atomic mass is 10.1. The number of ether oxygens (including phenoxy) is 2. The molecule has 1 N–H and O–H groups in total. The summed E-state index contributed by atoms with van der Waals surface area (Å²) in [5.41, 5.74) is 6.59. The van der Waals surface area contributed by atoms with Gasteiger partial charge in [-0.25, -0.2) is 9.82 Å². The Labute approximate surface area is 175 Å². The summed E-state index contributed by atoms with van der Waals surface area (Å²) in [6, 6.07) is 16.9. The van der Waals surface area contributed by atoms with E-state index in [0.29, 0.717) is 17.9 Å². The molecule has 0 fully saturated rings. The summed E-state index contributed by atoms with van der Waals surface area (Å²) in [6.07, 6.45) is 1.59. The van der Waals surface area contributed by atoms with Crippen LogP contribution in [0.2, 0.25) is 0 Å². The van der Waals surface area contributed by atoms with Crippen molar-refractivity contribution in [3.63, 3.8) is 0 Å². The van der Waals surface area contributed by atoms with Gasteiger partial charge in [-0.1, -0.05) is 18.2 Å². The third-order valence-electron chi connectivity index (χ3n) is 4.49. The average Bonchev–Trinajstić information content (AvgIpc) is 2.74. The molecule has 0 unspecified atom stereocenters. The Hall–Kier alpha value is -3.67. The van der Waals surface area contributed by atoms with Crippen molar-refractivity contribution in [2.45, 2.75) is 20.5 Å². The number of rotatable bonds is 7. The molecule has 0 bridgehead atoms. The van der Waals surface area contributed by atoms with Gasteiger partial charge < -0.3 is 9.47 Å². The smallest absolute Gasteiger partial charge is 0.271 e. The number of nitrogens with one attached hydrogen (secondary N) is 1. The number of halogens is 1. The molecule has 0 saturated carbocycles. The highest BCUT2D eigenvalue weighted by molar-refractivity contribution is 5.95. The van der Waals surface area contributed by atoms with E-state index in [0.717, 1.165) is 28.0 Å². The maximum absolute atomic E-state index is 13.0. The van der Waals surface area contributed by atoms with Gasteiger partial charge in [-0.3, -0.25) is 4.79 Å². The molecule has 0 aliphatic heterocycles. The first-order valence-electron chi connectivity index (χ1n) is 9.42. The number of hydrogen-bond donors (Lipinski definition) is 1. The normalized spacial score (nSPS) is 10.8. The van der Waals surface area contributed by atoms with Crippen molar-refractivity contribution >= 4 is 12.1 Å². The molecule has 0 radical (unpaired) electrons. The minimum atomic E-state index is -0.321.